The van der Waals surface area contributed by atoms with Crippen LogP contribution in [0.15, 0.2) is 36.5 Å². The first-order valence-electron chi connectivity index (χ1n) is 6.35. The summed E-state index contributed by atoms with van der Waals surface area (Å²) < 4.78 is 11.2. The molecule has 0 aliphatic carbocycles. The van der Waals surface area contributed by atoms with Gasteiger partial charge in [-0.3, -0.25) is 0 Å². The molecule has 3 rings (SSSR count). The minimum Gasteiger partial charge on any atom is -0.491 e. The van der Waals surface area contributed by atoms with E-state index in [-0.39, 0.29) is 0 Å². The SMILES string of the molecule is COc1ncccc1-c1cccc2c1OCCNC2. The van der Waals surface area contributed by atoms with E-state index in [1.807, 2.05) is 24.3 Å². The fourth-order valence-corrected chi connectivity index (χ4v) is 2.31. The second-order valence-electron chi connectivity index (χ2n) is 4.38. The second kappa shape index (κ2) is 5.28. The van der Waals surface area contributed by atoms with Gasteiger partial charge in [0.2, 0.25) is 5.88 Å². The minimum atomic E-state index is 0.622. The van der Waals surface area contributed by atoms with Crippen LogP contribution in [0.2, 0.25) is 0 Å². The highest BCUT2D eigenvalue weighted by molar-refractivity contribution is 5.75. The number of hydrogen-bond acceptors (Lipinski definition) is 4. The molecule has 4 nitrogen and oxygen atoms in total. The van der Waals surface area contributed by atoms with Crippen molar-refractivity contribution in [3.05, 3.63) is 42.1 Å². The van der Waals surface area contributed by atoms with Crippen LogP contribution in [0.25, 0.3) is 11.1 Å². The van der Waals surface area contributed by atoms with Crippen LogP contribution < -0.4 is 14.8 Å². The van der Waals surface area contributed by atoms with Gasteiger partial charge in [0.25, 0.3) is 0 Å². The van der Waals surface area contributed by atoms with Crippen LogP contribution >= 0.6 is 0 Å². The molecule has 19 heavy (non-hydrogen) atoms. The van der Waals surface area contributed by atoms with Crippen molar-refractivity contribution in [3.8, 4) is 22.8 Å². The highest BCUT2D eigenvalue weighted by Crippen LogP contribution is 2.37. The Bertz CT molecular complexity index is 584. The summed E-state index contributed by atoms with van der Waals surface area (Å²) in [6, 6.07) is 10.1. The number of ether oxygens (including phenoxy) is 2. The van der Waals surface area contributed by atoms with E-state index in [0.29, 0.717) is 12.5 Å². The van der Waals surface area contributed by atoms with E-state index in [2.05, 4.69) is 16.4 Å². The van der Waals surface area contributed by atoms with Gasteiger partial charge in [0, 0.05) is 36.0 Å². The molecule has 0 amide bonds. The van der Waals surface area contributed by atoms with Gasteiger partial charge in [-0.2, -0.15) is 0 Å². The van der Waals surface area contributed by atoms with Crippen molar-refractivity contribution in [2.24, 2.45) is 0 Å². The maximum Gasteiger partial charge on any atom is 0.221 e. The largest absolute Gasteiger partial charge is 0.491 e. The van der Waals surface area contributed by atoms with E-state index >= 15 is 0 Å². The van der Waals surface area contributed by atoms with Gasteiger partial charge in [0.05, 0.1) is 7.11 Å². The molecule has 2 aromatic rings. The molecule has 1 N–H and O–H groups in total. The Labute approximate surface area is 112 Å². The molecule has 0 bridgehead atoms. The lowest BCUT2D eigenvalue weighted by molar-refractivity contribution is 0.326. The van der Waals surface area contributed by atoms with Crippen LogP contribution in [0.5, 0.6) is 11.6 Å². The van der Waals surface area contributed by atoms with Crippen molar-refractivity contribution in [2.75, 3.05) is 20.3 Å². The first-order chi connectivity index (χ1) is 9.40. The molecule has 1 aliphatic rings. The molecular weight excluding hydrogens is 240 g/mol. The molecule has 0 radical (unpaired) electrons. The molecule has 1 aromatic heterocycles. The number of fused-ring (bicyclic) bond motifs is 1. The van der Waals surface area contributed by atoms with Crippen molar-refractivity contribution >= 4 is 0 Å². The van der Waals surface area contributed by atoms with Gasteiger partial charge in [0.15, 0.2) is 0 Å². The Hall–Kier alpha value is -2.07. The van der Waals surface area contributed by atoms with Crippen LogP contribution in [0.1, 0.15) is 5.56 Å². The normalized spacial score (nSPS) is 14.2. The molecule has 0 unspecified atom stereocenters. The molecule has 1 aromatic carbocycles. The molecule has 0 saturated heterocycles. The molecule has 2 heterocycles. The van der Waals surface area contributed by atoms with Gasteiger partial charge in [-0.05, 0) is 12.1 Å². The van der Waals surface area contributed by atoms with Crippen molar-refractivity contribution in [3.63, 3.8) is 0 Å². The van der Waals surface area contributed by atoms with E-state index in [1.165, 1.54) is 5.56 Å². The van der Waals surface area contributed by atoms with Gasteiger partial charge in [-0.1, -0.05) is 18.2 Å². The Morgan fingerprint density at radius 3 is 3.00 bits per heavy atom. The summed E-state index contributed by atoms with van der Waals surface area (Å²) in [5, 5.41) is 3.34. The number of nitrogens with one attached hydrogen (secondary N) is 1. The smallest absolute Gasteiger partial charge is 0.221 e. The Balaban J connectivity index is 2.15. The summed E-state index contributed by atoms with van der Waals surface area (Å²) in [5.41, 5.74) is 3.16. The van der Waals surface area contributed by atoms with Crippen LogP contribution in [-0.2, 0) is 6.54 Å². The fourth-order valence-electron chi connectivity index (χ4n) is 2.31. The number of pyridine rings is 1. The van der Waals surface area contributed by atoms with E-state index < -0.39 is 0 Å². The highest BCUT2D eigenvalue weighted by atomic mass is 16.5. The number of hydrogen-bond donors (Lipinski definition) is 1. The molecule has 0 fully saturated rings. The topological polar surface area (TPSA) is 43.4 Å². The molecule has 0 atom stereocenters. The van der Waals surface area contributed by atoms with Crippen molar-refractivity contribution in [1.82, 2.24) is 10.3 Å². The third kappa shape index (κ3) is 2.27. The summed E-state index contributed by atoms with van der Waals surface area (Å²) in [6.07, 6.45) is 1.73. The summed E-state index contributed by atoms with van der Waals surface area (Å²) >= 11 is 0. The summed E-state index contributed by atoms with van der Waals surface area (Å²) in [6.45, 7) is 2.36. The fraction of sp³-hybridized carbons (Fsp3) is 0.267. The zero-order valence-corrected chi connectivity index (χ0v) is 10.8. The lowest BCUT2D eigenvalue weighted by Crippen LogP contribution is -2.16. The van der Waals surface area contributed by atoms with Crippen molar-refractivity contribution in [1.29, 1.82) is 0 Å². The lowest BCUT2D eigenvalue weighted by Gasteiger charge is -2.14. The summed E-state index contributed by atoms with van der Waals surface area (Å²) in [5.74, 6) is 1.55. The Morgan fingerprint density at radius 1 is 1.21 bits per heavy atom. The number of para-hydroxylation sites is 1. The quantitative estimate of drug-likeness (QED) is 0.895. The molecule has 0 spiro atoms. The van der Waals surface area contributed by atoms with Gasteiger partial charge in [0.1, 0.15) is 12.4 Å². The summed E-state index contributed by atoms with van der Waals surface area (Å²) in [7, 11) is 1.63. The van der Waals surface area contributed by atoms with E-state index in [4.69, 9.17) is 9.47 Å². The van der Waals surface area contributed by atoms with Crippen LogP contribution in [0.4, 0.5) is 0 Å². The van der Waals surface area contributed by atoms with Crippen LogP contribution in [-0.4, -0.2) is 25.2 Å². The Morgan fingerprint density at radius 2 is 2.11 bits per heavy atom. The van der Waals surface area contributed by atoms with Gasteiger partial charge < -0.3 is 14.8 Å². The lowest BCUT2D eigenvalue weighted by atomic mass is 10.0. The number of benzene rings is 1. The second-order valence-corrected chi connectivity index (χ2v) is 4.38. The highest BCUT2D eigenvalue weighted by Gasteiger charge is 2.16. The Kier molecular flexibility index (Phi) is 3.33. The van der Waals surface area contributed by atoms with E-state index in [1.54, 1.807) is 13.3 Å². The predicted octanol–water partition coefficient (Wildman–Crippen LogP) is 2.24. The zero-order chi connectivity index (χ0) is 13.1. The molecule has 98 valence electrons. The third-order valence-corrected chi connectivity index (χ3v) is 3.19. The maximum absolute atomic E-state index is 5.89. The number of aromatic nitrogens is 1. The third-order valence-electron chi connectivity index (χ3n) is 3.19. The number of nitrogens with zero attached hydrogens (tertiary/aromatic N) is 1. The van der Waals surface area contributed by atoms with Gasteiger partial charge in [-0.15, -0.1) is 0 Å². The molecule has 1 aliphatic heterocycles. The van der Waals surface area contributed by atoms with Crippen LogP contribution in [0.3, 0.4) is 0 Å². The first-order valence-corrected chi connectivity index (χ1v) is 6.35. The zero-order valence-electron chi connectivity index (χ0n) is 10.8. The minimum absolute atomic E-state index is 0.622. The predicted molar refractivity (Wildman–Crippen MR) is 73.4 cm³/mol. The number of methoxy groups -OCH3 is 1. The van der Waals surface area contributed by atoms with Gasteiger partial charge in [-0.25, -0.2) is 4.98 Å². The maximum atomic E-state index is 5.89. The molecular formula is C15H16N2O2. The van der Waals surface area contributed by atoms with Crippen molar-refractivity contribution < 1.29 is 9.47 Å². The first kappa shape index (κ1) is 12.0. The standard InChI is InChI=1S/C15H16N2O2/c1-18-15-13(6-3-7-17-15)12-5-2-4-11-10-16-8-9-19-14(11)12/h2-7,16H,8-10H2,1H3. The van der Waals surface area contributed by atoms with Crippen molar-refractivity contribution in [2.45, 2.75) is 6.54 Å². The molecule has 4 heteroatoms. The average Bonchev–Trinajstić information content (AvgIpc) is 2.72. The van der Waals surface area contributed by atoms with E-state index in [9.17, 15) is 0 Å². The summed E-state index contributed by atoms with van der Waals surface area (Å²) in [4.78, 5) is 4.25. The number of rotatable bonds is 2. The van der Waals surface area contributed by atoms with Crippen LogP contribution in [0, 0.1) is 0 Å². The van der Waals surface area contributed by atoms with E-state index in [0.717, 1.165) is 30.0 Å². The van der Waals surface area contributed by atoms with Gasteiger partial charge >= 0.3 is 0 Å². The molecule has 0 saturated carbocycles. The monoisotopic (exact) mass is 256 g/mol. The average molecular weight is 256 g/mol.